The van der Waals surface area contributed by atoms with E-state index in [0.717, 1.165) is 0 Å². The van der Waals surface area contributed by atoms with Gasteiger partial charge in [-0.25, -0.2) is 0 Å². The summed E-state index contributed by atoms with van der Waals surface area (Å²) in [5, 5.41) is 0. The molecular formula is C8H16O6Si. The monoisotopic (exact) mass is 236 g/mol. The predicted molar refractivity (Wildman–Crippen MR) is 53.0 cm³/mol. The van der Waals surface area contributed by atoms with Gasteiger partial charge in [-0.15, -0.1) is 0 Å². The van der Waals surface area contributed by atoms with Gasteiger partial charge in [-0.2, -0.15) is 0 Å². The summed E-state index contributed by atoms with van der Waals surface area (Å²) in [4.78, 5) is 21.6. The minimum atomic E-state index is -3.19. The first-order chi connectivity index (χ1) is 6.89. The van der Waals surface area contributed by atoms with E-state index >= 15 is 0 Å². The van der Waals surface area contributed by atoms with Crippen molar-refractivity contribution in [3.8, 4) is 0 Å². The average Bonchev–Trinajstić information content (AvgIpc) is 2.00. The molecule has 0 fully saturated rings. The third-order valence-corrected chi connectivity index (χ3v) is 3.35. The molecule has 0 bridgehead atoms. The van der Waals surface area contributed by atoms with Gasteiger partial charge < -0.3 is 18.0 Å². The van der Waals surface area contributed by atoms with Crippen LogP contribution in [0.15, 0.2) is 0 Å². The van der Waals surface area contributed by atoms with Crippen LogP contribution >= 0.6 is 0 Å². The van der Waals surface area contributed by atoms with E-state index in [1.807, 2.05) is 0 Å². The highest BCUT2D eigenvalue weighted by atomic mass is 28.4. The average molecular weight is 236 g/mol. The molecule has 7 heteroatoms. The van der Waals surface area contributed by atoms with Crippen LogP contribution in [-0.2, 0) is 27.6 Å². The molecule has 6 nitrogen and oxygen atoms in total. The zero-order valence-corrected chi connectivity index (χ0v) is 10.4. The van der Waals surface area contributed by atoms with Crippen LogP contribution in [0.2, 0.25) is 6.55 Å². The summed E-state index contributed by atoms with van der Waals surface area (Å²) in [5.74, 6) is -1.08. The second-order valence-corrected chi connectivity index (χ2v) is 5.31. The molecule has 0 aromatic heterocycles. The molecule has 0 atom stereocenters. The largest absolute Gasteiger partial charge is 0.632 e. The highest BCUT2D eigenvalue weighted by molar-refractivity contribution is 6.62. The standard InChI is InChI=1S/C8H16O6Si/c1-7(9)13-15(4,14-8(2)10)12-6-5-11-3/h5-6H2,1-4H3. The fourth-order valence-corrected chi connectivity index (χ4v) is 2.57. The lowest BCUT2D eigenvalue weighted by Gasteiger charge is -2.23. The zero-order valence-electron chi connectivity index (χ0n) is 9.36. The molecule has 0 saturated carbocycles. The Morgan fingerprint density at radius 1 is 1.07 bits per heavy atom. The number of hydrogen-bond donors (Lipinski definition) is 0. The summed E-state index contributed by atoms with van der Waals surface area (Å²) in [6.07, 6.45) is 0. The SMILES string of the molecule is COCCO[Si](C)(OC(C)=O)OC(C)=O. The summed E-state index contributed by atoms with van der Waals surface area (Å²) < 4.78 is 19.7. The topological polar surface area (TPSA) is 71.1 Å². The molecule has 0 rings (SSSR count). The minimum absolute atomic E-state index is 0.208. The fourth-order valence-electron chi connectivity index (χ4n) is 0.912. The van der Waals surface area contributed by atoms with Crippen molar-refractivity contribution in [2.45, 2.75) is 20.4 Å². The summed E-state index contributed by atoms with van der Waals surface area (Å²) in [7, 11) is -1.68. The second-order valence-electron chi connectivity index (χ2n) is 2.89. The van der Waals surface area contributed by atoms with E-state index in [-0.39, 0.29) is 6.61 Å². The third-order valence-electron chi connectivity index (χ3n) is 1.31. The fraction of sp³-hybridized carbons (Fsp3) is 0.750. The quantitative estimate of drug-likeness (QED) is 0.489. The number of carbonyl (C=O) groups excluding carboxylic acids is 2. The number of hydrogen-bond acceptors (Lipinski definition) is 6. The number of carbonyl (C=O) groups is 2. The van der Waals surface area contributed by atoms with Crippen LogP contribution in [0, 0.1) is 0 Å². The van der Waals surface area contributed by atoms with Crippen molar-refractivity contribution in [1.29, 1.82) is 0 Å². The molecule has 0 aliphatic heterocycles. The van der Waals surface area contributed by atoms with Crippen LogP contribution in [0.25, 0.3) is 0 Å². The maximum absolute atomic E-state index is 10.8. The summed E-state index contributed by atoms with van der Waals surface area (Å²) >= 11 is 0. The minimum Gasteiger partial charge on any atom is -0.465 e. The van der Waals surface area contributed by atoms with Crippen LogP contribution in [-0.4, -0.2) is 41.1 Å². The Balaban J connectivity index is 4.26. The van der Waals surface area contributed by atoms with Crippen LogP contribution in [0.4, 0.5) is 0 Å². The van der Waals surface area contributed by atoms with Gasteiger partial charge in [0.1, 0.15) is 0 Å². The van der Waals surface area contributed by atoms with Gasteiger partial charge in [0.2, 0.25) is 0 Å². The molecule has 0 aromatic rings. The predicted octanol–water partition coefficient (Wildman–Crippen LogP) is 0.344. The molecule has 88 valence electrons. The van der Waals surface area contributed by atoms with Crippen molar-refractivity contribution < 1.29 is 27.6 Å². The molecule has 0 unspecified atom stereocenters. The summed E-state index contributed by atoms with van der Waals surface area (Å²) in [6, 6.07) is 0. The van der Waals surface area contributed by atoms with E-state index < -0.39 is 20.7 Å². The highest BCUT2D eigenvalue weighted by Gasteiger charge is 2.41. The Morgan fingerprint density at radius 3 is 1.87 bits per heavy atom. The van der Waals surface area contributed by atoms with Crippen molar-refractivity contribution in [3.63, 3.8) is 0 Å². The van der Waals surface area contributed by atoms with Crippen LogP contribution < -0.4 is 0 Å². The van der Waals surface area contributed by atoms with E-state index in [1.165, 1.54) is 27.5 Å². The molecule has 0 spiro atoms. The van der Waals surface area contributed by atoms with Crippen molar-refractivity contribution in [1.82, 2.24) is 0 Å². The molecule has 0 heterocycles. The number of ether oxygens (including phenoxy) is 1. The van der Waals surface area contributed by atoms with Gasteiger partial charge >= 0.3 is 8.80 Å². The van der Waals surface area contributed by atoms with E-state index in [9.17, 15) is 9.59 Å². The molecule has 0 aliphatic rings. The van der Waals surface area contributed by atoms with Gasteiger partial charge in [0.15, 0.2) is 0 Å². The number of methoxy groups -OCH3 is 1. The molecular weight excluding hydrogens is 220 g/mol. The van der Waals surface area contributed by atoms with Gasteiger partial charge in [-0.1, -0.05) is 0 Å². The Bertz CT molecular complexity index is 213. The summed E-state index contributed by atoms with van der Waals surface area (Å²) in [5.41, 5.74) is 0. The molecule has 0 aromatic carbocycles. The van der Waals surface area contributed by atoms with Crippen LogP contribution in [0.5, 0.6) is 0 Å². The second kappa shape index (κ2) is 6.54. The Labute approximate surface area is 89.8 Å². The van der Waals surface area contributed by atoms with Gasteiger partial charge in [-0.3, -0.25) is 9.59 Å². The van der Waals surface area contributed by atoms with Gasteiger partial charge in [0.25, 0.3) is 11.9 Å². The number of rotatable bonds is 6. The third kappa shape index (κ3) is 7.06. The maximum atomic E-state index is 10.8. The first kappa shape index (κ1) is 14.1. The van der Waals surface area contributed by atoms with Crippen molar-refractivity contribution in [3.05, 3.63) is 0 Å². The normalized spacial score (nSPS) is 10.9. The van der Waals surface area contributed by atoms with Gasteiger partial charge in [-0.05, 0) is 0 Å². The molecule has 15 heavy (non-hydrogen) atoms. The first-order valence-electron chi connectivity index (χ1n) is 4.41. The molecule has 0 radical (unpaired) electrons. The highest BCUT2D eigenvalue weighted by Crippen LogP contribution is 2.09. The van der Waals surface area contributed by atoms with E-state index in [2.05, 4.69) is 0 Å². The molecule has 0 saturated heterocycles. The zero-order chi connectivity index (χ0) is 11.9. The molecule has 0 amide bonds. The summed E-state index contributed by atoms with van der Waals surface area (Å²) in [6.45, 7) is 4.49. The van der Waals surface area contributed by atoms with Gasteiger partial charge in [0, 0.05) is 27.5 Å². The molecule has 0 N–H and O–H groups in total. The first-order valence-corrected chi connectivity index (χ1v) is 6.64. The van der Waals surface area contributed by atoms with E-state index in [0.29, 0.717) is 6.61 Å². The van der Waals surface area contributed by atoms with Crippen LogP contribution in [0.3, 0.4) is 0 Å². The van der Waals surface area contributed by atoms with E-state index in [4.69, 9.17) is 18.0 Å². The van der Waals surface area contributed by atoms with Crippen molar-refractivity contribution in [2.24, 2.45) is 0 Å². The van der Waals surface area contributed by atoms with E-state index in [1.54, 1.807) is 0 Å². The van der Waals surface area contributed by atoms with Crippen molar-refractivity contribution in [2.75, 3.05) is 20.3 Å². The van der Waals surface area contributed by atoms with Crippen molar-refractivity contribution >= 4 is 20.7 Å². The smallest absolute Gasteiger partial charge is 0.465 e. The molecule has 0 aliphatic carbocycles. The lowest BCUT2D eigenvalue weighted by Crippen LogP contribution is -2.45. The lowest BCUT2D eigenvalue weighted by atomic mass is 10.8. The lowest BCUT2D eigenvalue weighted by molar-refractivity contribution is -0.142. The Morgan fingerprint density at radius 2 is 1.53 bits per heavy atom. The van der Waals surface area contributed by atoms with Crippen LogP contribution in [0.1, 0.15) is 13.8 Å². The maximum Gasteiger partial charge on any atom is 0.632 e. The Hall–Kier alpha value is -0.923. The van der Waals surface area contributed by atoms with Gasteiger partial charge in [0.05, 0.1) is 13.2 Å². The Kier molecular flexibility index (Phi) is 6.14.